The second kappa shape index (κ2) is 5.71. The van der Waals surface area contributed by atoms with E-state index >= 15 is 0 Å². The second-order valence-corrected chi connectivity index (χ2v) is 5.37. The minimum absolute atomic E-state index is 0.296. The van der Waals surface area contributed by atoms with Crippen LogP contribution in [-0.2, 0) is 17.9 Å². The predicted molar refractivity (Wildman–Crippen MR) is 73.4 cm³/mol. The van der Waals surface area contributed by atoms with Gasteiger partial charge in [0.25, 0.3) is 0 Å². The van der Waals surface area contributed by atoms with E-state index in [4.69, 9.17) is 5.73 Å². The van der Waals surface area contributed by atoms with Crippen molar-refractivity contribution in [1.29, 1.82) is 0 Å². The Balaban J connectivity index is 2.01. The molecule has 0 spiro atoms. The average Bonchev–Trinajstić information content (AvgIpc) is 2.83. The fourth-order valence-electron chi connectivity index (χ4n) is 2.43. The Hall–Kier alpha value is -1.40. The van der Waals surface area contributed by atoms with Gasteiger partial charge >= 0.3 is 0 Å². The number of aromatic nitrogens is 2. The molecular formula is C13H23N5O. The predicted octanol–water partition coefficient (Wildman–Crippen LogP) is -0.0577. The molecule has 106 valence electrons. The van der Waals surface area contributed by atoms with Crippen molar-refractivity contribution in [3.05, 3.63) is 18.2 Å². The lowest BCUT2D eigenvalue weighted by Gasteiger charge is -2.36. The van der Waals surface area contributed by atoms with Gasteiger partial charge in [0.15, 0.2) is 0 Å². The number of carbonyl (C=O) groups is 1. The molecule has 6 nitrogen and oxygen atoms in total. The molecule has 0 radical (unpaired) electrons. The molecule has 1 unspecified atom stereocenters. The topological polar surface area (TPSA) is 76.2 Å². The fourth-order valence-corrected chi connectivity index (χ4v) is 2.43. The van der Waals surface area contributed by atoms with Crippen molar-refractivity contribution in [1.82, 2.24) is 19.8 Å². The largest absolute Gasteiger partial charge is 0.368 e. The van der Waals surface area contributed by atoms with E-state index in [0.29, 0.717) is 6.54 Å². The summed E-state index contributed by atoms with van der Waals surface area (Å²) in [6.45, 7) is 7.97. The highest BCUT2D eigenvalue weighted by Gasteiger charge is 2.33. The Morgan fingerprint density at radius 3 is 3.05 bits per heavy atom. The van der Waals surface area contributed by atoms with Crippen molar-refractivity contribution >= 4 is 5.91 Å². The van der Waals surface area contributed by atoms with Crippen LogP contribution in [0.25, 0.3) is 0 Å². The van der Waals surface area contributed by atoms with E-state index in [9.17, 15) is 4.79 Å². The fraction of sp³-hybridized carbons (Fsp3) is 0.692. The maximum Gasteiger partial charge on any atom is 0.238 e. The van der Waals surface area contributed by atoms with Crippen molar-refractivity contribution < 1.29 is 4.79 Å². The lowest BCUT2D eigenvalue weighted by molar-refractivity contribution is -0.124. The lowest BCUT2D eigenvalue weighted by Crippen LogP contribution is -2.60. The van der Waals surface area contributed by atoms with E-state index in [1.807, 2.05) is 19.3 Å². The number of imidazole rings is 1. The van der Waals surface area contributed by atoms with Crippen LogP contribution < -0.4 is 11.1 Å². The van der Waals surface area contributed by atoms with Gasteiger partial charge in [-0.1, -0.05) is 6.92 Å². The van der Waals surface area contributed by atoms with Gasteiger partial charge in [-0.3, -0.25) is 9.69 Å². The van der Waals surface area contributed by atoms with Crippen molar-refractivity contribution in [2.24, 2.45) is 5.73 Å². The Labute approximate surface area is 114 Å². The molecule has 0 bridgehead atoms. The minimum Gasteiger partial charge on any atom is -0.368 e. The number of primary amides is 1. The molecule has 1 aromatic rings. The summed E-state index contributed by atoms with van der Waals surface area (Å²) in [6.07, 6.45) is 4.80. The van der Waals surface area contributed by atoms with E-state index in [1.165, 1.54) is 0 Å². The van der Waals surface area contributed by atoms with Gasteiger partial charge in [0.1, 0.15) is 11.4 Å². The van der Waals surface area contributed by atoms with E-state index in [0.717, 1.165) is 38.4 Å². The molecule has 0 aliphatic carbocycles. The molecule has 1 aliphatic rings. The quantitative estimate of drug-likeness (QED) is 0.755. The van der Waals surface area contributed by atoms with E-state index in [1.54, 1.807) is 0 Å². The van der Waals surface area contributed by atoms with Crippen LogP contribution in [0.1, 0.15) is 26.1 Å². The van der Waals surface area contributed by atoms with Gasteiger partial charge in [-0.25, -0.2) is 4.98 Å². The number of rotatable bonds is 6. The molecule has 0 saturated carbocycles. The molecule has 0 aromatic carbocycles. The first-order valence-corrected chi connectivity index (χ1v) is 6.82. The summed E-state index contributed by atoms with van der Waals surface area (Å²) in [6, 6.07) is 0. The zero-order valence-corrected chi connectivity index (χ0v) is 11.7. The first-order valence-electron chi connectivity index (χ1n) is 6.82. The highest BCUT2D eigenvalue weighted by atomic mass is 16.1. The van der Waals surface area contributed by atoms with Crippen molar-refractivity contribution in [2.45, 2.75) is 38.9 Å². The van der Waals surface area contributed by atoms with Crippen LogP contribution in [0.15, 0.2) is 12.4 Å². The van der Waals surface area contributed by atoms with Gasteiger partial charge in [-0.2, -0.15) is 0 Å². The number of hydrogen-bond acceptors (Lipinski definition) is 4. The summed E-state index contributed by atoms with van der Waals surface area (Å²) >= 11 is 0. The molecule has 2 heterocycles. The van der Waals surface area contributed by atoms with E-state index < -0.39 is 5.54 Å². The van der Waals surface area contributed by atoms with Crippen molar-refractivity contribution in [2.75, 3.05) is 19.6 Å². The number of fused-ring (bicyclic) bond motifs is 1. The summed E-state index contributed by atoms with van der Waals surface area (Å²) in [4.78, 5) is 18.3. The van der Waals surface area contributed by atoms with Crippen molar-refractivity contribution in [3.8, 4) is 0 Å². The Bertz CT molecular complexity index is 444. The first kappa shape index (κ1) is 14.0. The highest BCUT2D eigenvalue weighted by molar-refractivity contribution is 5.84. The summed E-state index contributed by atoms with van der Waals surface area (Å²) in [5.74, 6) is 0.753. The lowest BCUT2D eigenvalue weighted by atomic mass is 10.00. The van der Waals surface area contributed by atoms with Crippen LogP contribution in [0.3, 0.4) is 0 Å². The van der Waals surface area contributed by atoms with Gasteiger partial charge in [0, 0.05) is 32.0 Å². The number of hydrogen-bond donors (Lipinski definition) is 2. The van der Waals surface area contributed by atoms with Crippen LogP contribution >= 0.6 is 0 Å². The molecule has 1 aliphatic heterocycles. The molecule has 1 atom stereocenters. The maximum atomic E-state index is 11.7. The van der Waals surface area contributed by atoms with Gasteiger partial charge < -0.3 is 15.6 Å². The van der Waals surface area contributed by atoms with Crippen LogP contribution in [-0.4, -0.2) is 45.5 Å². The third-order valence-corrected chi connectivity index (χ3v) is 3.67. The first-order chi connectivity index (χ1) is 9.05. The molecule has 1 aromatic heterocycles. The molecule has 19 heavy (non-hydrogen) atoms. The van der Waals surface area contributed by atoms with Gasteiger partial charge in [0.05, 0.1) is 6.54 Å². The summed E-state index contributed by atoms with van der Waals surface area (Å²) < 4.78 is 2.15. The average molecular weight is 265 g/mol. The number of carbonyl (C=O) groups excluding carboxylic acids is 1. The number of nitrogens with two attached hydrogens (primary N) is 1. The molecule has 3 N–H and O–H groups in total. The summed E-state index contributed by atoms with van der Waals surface area (Å²) in [5, 5.41) is 3.27. The summed E-state index contributed by atoms with van der Waals surface area (Å²) in [7, 11) is 0. The van der Waals surface area contributed by atoms with Gasteiger partial charge in [-0.15, -0.1) is 0 Å². The Morgan fingerprint density at radius 1 is 1.58 bits per heavy atom. The SMILES string of the molecule is CCCNC(C)(CN1CCn2ccnc2C1)C(N)=O. The Kier molecular flexibility index (Phi) is 4.21. The molecule has 1 amide bonds. The molecule has 2 rings (SSSR count). The van der Waals surface area contributed by atoms with Crippen LogP contribution in [0, 0.1) is 0 Å². The monoisotopic (exact) mass is 265 g/mol. The second-order valence-electron chi connectivity index (χ2n) is 5.37. The number of amides is 1. The smallest absolute Gasteiger partial charge is 0.238 e. The van der Waals surface area contributed by atoms with Gasteiger partial charge in [-0.05, 0) is 19.9 Å². The normalized spacial score (nSPS) is 18.8. The van der Waals surface area contributed by atoms with E-state index in [2.05, 4.69) is 26.7 Å². The van der Waals surface area contributed by atoms with Crippen molar-refractivity contribution in [3.63, 3.8) is 0 Å². The van der Waals surface area contributed by atoms with Crippen LogP contribution in [0.2, 0.25) is 0 Å². The molecule has 0 saturated heterocycles. The summed E-state index contributed by atoms with van der Waals surface area (Å²) in [5.41, 5.74) is 4.88. The number of nitrogens with one attached hydrogen (secondary N) is 1. The van der Waals surface area contributed by atoms with E-state index in [-0.39, 0.29) is 5.91 Å². The zero-order chi connectivity index (χ0) is 13.9. The third kappa shape index (κ3) is 3.13. The maximum absolute atomic E-state index is 11.7. The third-order valence-electron chi connectivity index (χ3n) is 3.67. The molecule has 6 heteroatoms. The standard InChI is InChI=1S/C13H23N5O/c1-3-4-16-13(2,12(14)19)10-17-7-8-18-6-5-15-11(18)9-17/h5-6,16H,3-4,7-10H2,1-2H3,(H2,14,19). The molecular weight excluding hydrogens is 242 g/mol. The van der Waals surface area contributed by atoms with Crippen LogP contribution in [0.4, 0.5) is 0 Å². The highest BCUT2D eigenvalue weighted by Crippen LogP contribution is 2.14. The molecule has 0 fully saturated rings. The number of nitrogens with zero attached hydrogens (tertiary/aromatic N) is 3. The Morgan fingerprint density at radius 2 is 2.37 bits per heavy atom. The van der Waals surface area contributed by atoms with Crippen LogP contribution in [0.5, 0.6) is 0 Å². The van der Waals surface area contributed by atoms with Gasteiger partial charge in [0.2, 0.25) is 5.91 Å². The zero-order valence-electron chi connectivity index (χ0n) is 11.7. The minimum atomic E-state index is -0.676.